The lowest BCUT2D eigenvalue weighted by Gasteiger charge is -2.30. The maximum atomic E-state index is 2.54. The first kappa shape index (κ1) is 36.0. The van der Waals surface area contributed by atoms with Gasteiger partial charge in [0.1, 0.15) is 0 Å². The quantitative estimate of drug-likeness (QED) is 0.167. The number of rotatable bonds is 5. The third-order valence-electron chi connectivity index (χ3n) is 14.8. The van der Waals surface area contributed by atoms with E-state index in [0.717, 1.165) is 11.4 Å². The van der Waals surface area contributed by atoms with Crippen LogP contribution in [-0.4, -0.2) is 0 Å². The highest BCUT2D eigenvalue weighted by atomic mass is 32.1. The van der Waals surface area contributed by atoms with E-state index in [1.807, 2.05) is 11.3 Å². The molecule has 1 aromatic heterocycles. The van der Waals surface area contributed by atoms with Crippen LogP contribution in [0.4, 0.5) is 17.1 Å². The monoisotopic (exact) mass is 811 g/mol. The first-order chi connectivity index (χ1) is 30.5. The normalized spacial score (nSPS) is 15.3. The fourth-order valence-corrected chi connectivity index (χ4v) is 13.3. The van der Waals surface area contributed by atoms with Crippen LogP contribution in [0.15, 0.2) is 188 Å². The van der Waals surface area contributed by atoms with Crippen molar-refractivity contribution in [3.63, 3.8) is 0 Å². The van der Waals surface area contributed by atoms with Crippen molar-refractivity contribution >= 4 is 59.3 Å². The average molecular weight is 812 g/mol. The van der Waals surface area contributed by atoms with Crippen LogP contribution in [0.2, 0.25) is 0 Å². The van der Waals surface area contributed by atoms with Gasteiger partial charge in [-0.25, -0.2) is 0 Å². The van der Waals surface area contributed by atoms with E-state index in [1.165, 1.54) is 129 Å². The van der Waals surface area contributed by atoms with E-state index in [4.69, 9.17) is 0 Å². The van der Waals surface area contributed by atoms with Crippen LogP contribution >= 0.6 is 11.3 Å². The molecular weight excluding hydrogens is 767 g/mol. The number of hydrogen-bond acceptors (Lipinski definition) is 2. The van der Waals surface area contributed by atoms with Crippen molar-refractivity contribution in [3.05, 3.63) is 210 Å². The summed E-state index contributed by atoms with van der Waals surface area (Å²) in [7, 11) is 0. The second kappa shape index (κ2) is 13.4. The minimum atomic E-state index is -0.0822. The first-order valence-corrected chi connectivity index (χ1v) is 23.1. The lowest BCUT2D eigenvalue weighted by Crippen LogP contribution is -2.21. The zero-order valence-corrected chi connectivity index (χ0v) is 35.9. The summed E-state index contributed by atoms with van der Waals surface area (Å²) in [5.74, 6) is 0. The molecule has 1 saturated carbocycles. The second-order valence-electron chi connectivity index (χ2n) is 18.3. The minimum Gasteiger partial charge on any atom is -0.310 e. The lowest BCUT2D eigenvalue weighted by molar-refractivity contribution is 0.550. The number of nitrogens with zero attached hydrogens (tertiary/aromatic N) is 1. The van der Waals surface area contributed by atoms with Crippen molar-refractivity contribution in [3.8, 4) is 44.5 Å². The molecule has 10 aromatic rings. The molecule has 0 amide bonds. The Kier molecular flexibility index (Phi) is 7.76. The van der Waals surface area contributed by atoms with Crippen LogP contribution in [0, 0.1) is 0 Å². The van der Waals surface area contributed by atoms with E-state index in [0.29, 0.717) is 0 Å². The van der Waals surface area contributed by atoms with Crippen LogP contribution in [-0.2, 0) is 10.8 Å². The molecule has 0 saturated heterocycles. The summed E-state index contributed by atoms with van der Waals surface area (Å²) in [6.07, 6.45) is 4.98. The molecule has 9 aromatic carbocycles. The second-order valence-corrected chi connectivity index (χ2v) is 19.4. The van der Waals surface area contributed by atoms with Gasteiger partial charge in [-0.3, -0.25) is 0 Å². The Morgan fingerprint density at radius 3 is 1.73 bits per heavy atom. The van der Waals surface area contributed by atoms with Gasteiger partial charge in [0, 0.05) is 48.1 Å². The lowest BCUT2D eigenvalue weighted by atomic mass is 9.76. The molecule has 1 heterocycles. The number of hydrogen-bond donors (Lipinski definition) is 0. The van der Waals surface area contributed by atoms with Crippen molar-refractivity contribution in [1.29, 1.82) is 0 Å². The highest BCUT2D eigenvalue weighted by molar-refractivity contribution is 7.27. The summed E-state index contributed by atoms with van der Waals surface area (Å²) in [4.78, 5) is 2.49. The van der Waals surface area contributed by atoms with Gasteiger partial charge < -0.3 is 4.90 Å². The molecule has 0 unspecified atom stereocenters. The van der Waals surface area contributed by atoms with Gasteiger partial charge in [-0.2, -0.15) is 0 Å². The van der Waals surface area contributed by atoms with Crippen molar-refractivity contribution in [1.82, 2.24) is 0 Å². The summed E-state index contributed by atoms with van der Waals surface area (Å²) in [6, 6.07) is 71.2. The molecule has 0 aliphatic heterocycles. The Balaban J connectivity index is 0.941. The van der Waals surface area contributed by atoms with Crippen molar-refractivity contribution < 1.29 is 0 Å². The minimum absolute atomic E-state index is 0.0822. The molecule has 3 aliphatic rings. The van der Waals surface area contributed by atoms with Crippen molar-refractivity contribution in [2.75, 3.05) is 4.90 Å². The Labute approximate surface area is 367 Å². The van der Waals surface area contributed by atoms with Crippen LogP contribution in [0.5, 0.6) is 0 Å². The van der Waals surface area contributed by atoms with Crippen molar-refractivity contribution in [2.45, 2.75) is 50.4 Å². The standard InChI is InChI=1S/C60H45NS/c1-59(2)53-21-7-5-16-48(53)50-19-11-17-44(56(50)59)39-23-28-41(29-24-39)61(43-32-34-49-47-15-6-8-22-54(47)60(55(49)37-43)35-9-10-36-60)42-30-25-40(26-31-42)46-18-12-20-51-52-33-27-38-13-3-4-14-45(38)58(52)62-57(46)51/h3-8,11-34,37H,9-10,35-36H2,1-2H3. The van der Waals surface area contributed by atoms with Gasteiger partial charge in [0.05, 0.1) is 0 Å². The maximum Gasteiger partial charge on any atom is 0.0465 e. The molecule has 1 fully saturated rings. The smallest absolute Gasteiger partial charge is 0.0465 e. The van der Waals surface area contributed by atoms with Crippen LogP contribution in [0.1, 0.15) is 61.8 Å². The number of anilines is 3. The van der Waals surface area contributed by atoms with E-state index < -0.39 is 0 Å². The zero-order chi connectivity index (χ0) is 41.2. The molecule has 62 heavy (non-hydrogen) atoms. The van der Waals surface area contributed by atoms with E-state index in [1.54, 1.807) is 0 Å². The molecular formula is C60H45NS. The topological polar surface area (TPSA) is 3.24 Å². The van der Waals surface area contributed by atoms with Gasteiger partial charge in [0.15, 0.2) is 0 Å². The summed E-state index contributed by atoms with van der Waals surface area (Å²) in [5, 5.41) is 5.29. The fraction of sp³-hybridized carbons (Fsp3) is 0.133. The molecule has 13 rings (SSSR count). The summed E-state index contributed by atoms with van der Waals surface area (Å²) in [6.45, 7) is 4.76. The maximum absolute atomic E-state index is 2.54. The van der Waals surface area contributed by atoms with Gasteiger partial charge >= 0.3 is 0 Å². The van der Waals surface area contributed by atoms with Gasteiger partial charge in [-0.1, -0.05) is 178 Å². The summed E-state index contributed by atoms with van der Waals surface area (Å²) in [5.41, 5.74) is 20.0. The molecule has 0 bridgehead atoms. The van der Waals surface area contributed by atoms with Crippen LogP contribution in [0.3, 0.4) is 0 Å². The molecule has 0 atom stereocenters. The molecule has 3 aliphatic carbocycles. The molecule has 1 spiro atoms. The van der Waals surface area contributed by atoms with Crippen molar-refractivity contribution in [2.24, 2.45) is 0 Å². The predicted molar refractivity (Wildman–Crippen MR) is 265 cm³/mol. The average Bonchev–Trinajstić information content (AvgIpc) is 4.09. The SMILES string of the molecule is CC1(C)c2ccccc2-c2cccc(-c3ccc(N(c4ccc(-c5cccc6c5sc5c7ccccc7ccc65)cc4)c4ccc5c(c4)C4(CCCC4)c4ccccc4-5)cc3)c21. The molecule has 1 nitrogen and oxygen atoms in total. The highest BCUT2D eigenvalue weighted by Crippen LogP contribution is 2.58. The fourth-order valence-electron chi connectivity index (χ4n) is 12.0. The largest absolute Gasteiger partial charge is 0.310 e. The molecule has 2 heteroatoms. The summed E-state index contributed by atoms with van der Waals surface area (Å²) >= 11 is 1.92. The van der Waals surface area contributed by atoms with E-state index in [-0.39, 0.29) is 10.8 Å². The number of fused-ring (bicyclic) bond motifs is 13. The first-order valence-electron chi connectivity index (χ1n) is 22.3. The zero-order valence-electron chi connectivity index (χ0n) is 35.1. The van der Waals surface area contributed by atoms with E-state index in [2.05, 4.69) is 207 Å². The number of benzene rings is 9. The van der Waals surface area contributed by atoms with Crippen LogP contribution in [0.25, 0.3) is 75.5 Å². The van der Waals surface area contributed by atoms with E-state index >= 15 is 0 Å². The van der Waals surface area contributed by atoms with E-state index in [9.17, 15) is 0 Å². The van der Waals surface area contributed by atoms with Crippen LogP contribution < -0.4 is 4.90 Å². The highest BCUT2D eigenvalue weighted by Gasteiger charge is 2.45. The Morgan fingerprint density at radius 1 is 0.403 bits per heavy atom. The van der Waals surface area contributed by atoms with Gasteiger partial charge in [0.25, 0.3) is 0 Å². The van der Waals surface area contributed by atoms with Gasteiger partial charge in [0.2, 0.25) is 0 Å². The van der Waals surface area contributed by atoms with Gasteiger partial charge in [-0.15, -0.1) is 11.3 Å². The molecule has 0 radical (unpaired) electrons. The van der Waals surface area contributed by atoms with Gasteiger partial charge in [-0.05, 0) is 127 Å². The predicted octanol–water partition coefficient (Wildman–Crippen LogP) is 17.2. The summed E-state index contributed by atoms with van der Waals surface area (Å²) < 4.78 is 2.71. The molecule has 0 N–H and O–H groups in total. The molecule has 296 valence electrons. The Hall–Kier alpha value is -6.74. The Bertz CT molecular complexity index is 3430. The third kappa shape index (κ3) is 5.08. The Morgan fingerprint density at radius 2 is 0.952 bits per heavy atom. The number of thiophene rings is 1. The third-order valence-corrected chi connectivity index (χ3v) is 16.1.